The zero-order valence-electron chi connectivity index (χ0n) is 35.3. The Kier molecular flexibility index (Phi) is 15.9. The van der Waals surface area contributed by atoms with Crippen LogP contribution in [0.4, 0.5) is 0 Å². The molecule has 0 amide bonds. The van der Waals surface area contributed by atoms with E-state index in [9.17, 15) is 0 Å². The highest BCUT2D eigenvalue weighted by atomic mass is 14.4. The lowest BCUT2D eigenvalue weighted by Gasteiger charge is -2.43. The van der Waals surface area contributed by atoms with Crippen LogP contribution in [0.2, 0.25) is 0 Å². The molecular formula is C45H90. The number of hydrogen-bond acceptors (Lipinski definition) is 0. The van der Waals surface area contributed by atoms with Gasteiger partial charge in [0.25, 0.3) is 0 Å². The molecule has 0 aromatic rings. The summed E-state index contributed by atoms with van der Waals surface area (Å²) in [5.41, 5.74) is 2.86. The van der Waals surface area contributed by atoms with Crippen molar-refractivity contribution in [1.82, 2.24) is 0 Å². The van der Waals surface area contributed by atoms with E-state index in [2.05, 4.69) is 138 Å². The van der Waals surface area contributed by atoms with Gasteiger partial charge in [0.15, 0.2) is 0 Å². The van der Waals surface area contributed by atoms with Gasteiger partial charge in [-0.05, 0) is 138 Å². The molecular weight excluding hydrogens is 540 g/mol. The number of rotatable bonds is 0. The lowest BCUT2D eigenvalue weighted by Crippen LogP contribution is -2.34. The van der Waals surface area contributed by atoms with Crippen LogP contribution in [0.5, 0.6) is 0 Å². The third-order valence-electron chi connectivity index (χ3n) is 13.3. The predicted molar refractivity (Wildman–Crippen MR) is 207 cm³/mol. The first-order chi connectivity index (χ1) is 20.0. The average molecular weight is 631 g/mol. The molecule has 5 aliphatic rings. The molecule has 0 bridgehead atoms. The smallest absolute Gasteiger partial charge is 0.0340 e. The minimum Gasteiger partial charge on any atom is -0.0625 e. The summed E-state index contributed by atoms with van der Waals surface area (Å²) >= 11 is 0. The van der Waals surface area contributed by atoms with Gasteiger partial charge in [-0.25, -0.2) is 0 Å². The fourth-order valence-corrected chi connectivity index (χ4v) is 8.73. The van der Waals surface area contributed by atoms with Crippen LogP contribution in [0.1, 0.15) is 203 Å². The van der Waals surface area contributed by atoms with E-state index in [1.807, 2.05) is 0 Å². The van der Waals surface area contributed by atoms with Gasteiger partial charge in [0.05, 0.1) is 0 Å². The maximum absolute atomic E-state index is 2.37. The van der Waals surface area contributed by atoms with Gasteiger partial charge >= 0.3 is 0 Å². The van der Waals surface area contributed by atoms with Gasteiger partial charge in [-0.2, -0.15) is 0 Å². The molecule has 0 heterocycles. The van der Waals surface area contributed by atoms with Crippen molar-refractivity contribution in [3.63, 3.8) is 0 Å². The van der Waals surface area contributed by atoms with Crippen LogP contribution in [0, 0.1) is 86.3 Å². The molecule has 4 atom stereocenters. The summed E-state index contributed by atoms with van der Waals surface area (Å²) in [5.74, 6) is 10.0. The maximum Gasteiger partial charge on any atom is -0.0340 e. The highest BCUT2D eigenvalue weighted by Crippen LogP contribution is 2.48. The normalized spacial score (nSPS) is 36.0. The van der Waals surface area contributed by atoms with Crippen molar-refractivity contribution in [2.24, 2.45) is 86.3 Å². The van der Waals surface area contributed by atoms with Gasteiger partial charge in [-0.15, -0.1) is 0 Å². The van der Waals surface area contributed by atoms with Gasteiger partial charge in [0.2, 0.25) is 0 Å². The standard InChI is InChI=1S/5C9H18/c3*1-7-5-8(6-7)9(2,3)4;2*1-7-5-6-8(7)9(2,3)4/h5*7-8H,5-6H2,1-4H3. The van der Waals surface area contributed by atoms with Crippen LogP contribution in [0.25, 0.3) is 0 Å². The molecule has 0 aromatic carbocycles. The van der Waals surface area contributed by atoms with E-state index in [0.717, 1.165) is 59.2 Å². The second kappa shape index (κ2) is 16.6. The quantitative estimate of drug-likeness (QED) is 0.250. The van der Waals surface area contributed by atoms with E-state index in [4.69, 9.17) is 0 Å². The zero-order valence-corrected chi connectivity index (χ0v) is 35.3. The van der Waals surface area contributed by atoms with E-state index >= 15 is 0 Å². The van der Waals surface area contributed by atoms with Crippen molar-refractivity contribution in [3.05, 3.63) is 0 Å². The van der Waals surface area contributed by atoms with Gasteiger partial charge in [0.1, 0.15) is 0 Å². The third-order valence-corrected chi connectivity index (χ3v) is 13.3. The SMILES string of the molecule is CC1CC(C(C)(C)C)C1.CC1CC(C(C)(C)C)C1.CC1CC(C(C)(C)C)C1.CC1CCC1C(C)(C)C.CC1CCC1C(C)(C)C. The largest absolute Gasteiger partial charge is 0.0625 e. The molecule has 5 fully saturated rings. The van der Waals surface area contributed by atoms with Gasteiger partial charge in [-0.1, -0.05) is 151 Å². The third kappa shape index (κ3) is 15.0. The first kappa shape index (κ1) is 43.0. The first-order valence-electron chi connectivity index (χ1n) is 20.0. The van der Waals surface area contributed by atoms with Crippen LogP contribution in [0.3, 0.4) is 0 Å². The van der Waals surface area contributed by atoms with Crippen molar-refractivity contribution in [1.29, 1.82) is 0 Å². The Balaban J connectivity index is 0.000000281. The summed E-state index contributed by atoms with van der Waals surface area (Å²) in [4.78, 5) is 0. The molecule has 0 heteroatoms. The second-order valence-electron chi connectivity index (χ2n) is 23.0. The molecule has 270 valence electrons. The minimum absolute atomic E-state index is 0.567. The fraction of sp³-hybridized carbons (Fsp3) is 1.00. The molecule has 4 unspecified atom stereocenters. The molecule has 5 saturated carbocycles. The van der Waals surface area contributed by atoms with Gasteiger partial charge in [-0.3, -0.25) is 0 Å². The Bertz CT molecular complexity index is 698. The van der Waals surface area contributed by atoms with E-state index in [-0.39, 0.29) is 0 Å². The van der Waals surface area contributed by atoms with E-state index < -0.39 is 0 Å². The summed E-state index contributed by atoms with van der Waals surface area (Å²) in [5, 5.41) is 0. The van der Waals surface area contributed by atoms with Crippen molar-refractivity contribution >= 4 is 0 Å². The van der Waals surface area contributed by atoms with Crippen molar-refractivity contribution in [3.8, 4) is 0 Å². The first-order valence-corrected chi connectivity index (χ1v) is 20.0. The number of hydrogen-bond donors (Lipinski definition) is 0. The highest BCUT2D eigenvalue weighted by molar-refractivity contribution is 4.88. The molecule has 0 radical (unpaired) electrons. The molecule has 0 N–H and O–H groups in total. The lowest BCUT2D eigenvalue weighted by atomic mass is 9.62. The van der Waals surface area contributed by atoms with Crippen LogP contribution in [0.15, 0.2) is 0 Å². The molecule has 5 rings (SSSR count). The van der Waals surface area contributed by atoms with Crippen molar-refractivity contribution in [2.45, 2.75) is 203 Å². The lowest BCUT2D eigenvalue weighted by molar-refractivity contribution is 0.0687. The molecule has 0 saturated heterocycles. The predicted octanol–water partition coefficient (Wildman–Crippen LogP) is 15.4. The summed E-state index contributed by atoms with van der Waals surface area (Å²) in [7, 11) is 0. The summed E-state index contributed by atoms with van der Waals surface area (Å²) in [6.07, 6.45) is 14.6. The topological polar surface area (TPSA) is 0 Å². The Hall–Kier alpha value is 0. The van der Waals surface area contributed by atoms with E-state index in [1.54, 1.807) is 0 Å². The van der Waals surface area contributed by atoms with Crippen LogP contribution < -0.4 is 0 Å². The van der Waals surface area contributed by atoms with E-state index in [1.165, 1.54) is 64.2 Å². The van der Waals surface area contributed by atoms with Crippen LogP contribution >= 0.6 is 0 Å². The molecule has 45 heavy (non-hydrogen) atoms. The molecule has 0 spiro atoms. The summed E-state index contributed by atoms with van der Waals surface area (Å²) in [6, 6.07) is 0. The zero-order chi connectivity index (χ0) is 35.3. The minimum atomic E-state index is 0.567. The Morgan fingerprint density at radius 2 is 0.489 bits per heavy atom. The Morgan fingerprint density at radius 1 is 0.289 bits per heavy atom. The van der Waals surface area contributed by atoms with Crippen LogP contribution in [-0.4, -0.2) is 0 Å². The molecule has 0 nitrogen and oxygen atoms in total. The fourth-order valence-electron chi connectivity index (χ4n) is 8.73. The molecule has 5 aliphatic carbocycles. The Labute approximate surface area is 288 Å². The average Bonchev–Trinajstić information content (AvgIpc) is 2.73. The summed E-state index contributed by atoms with van der Waals surface area (Å²) < 4.78 is 0. The summed E-state index contributed by atoms with van der Waals surface area (Å²) in [6.45, 7) is 47.1. The van der Waals surface area contributed by atoms with Crippen molar-refractivity contribution in [2.75, 3.05) is 0 Å². The van der Waals surface area contributed by atoms with Gasteiger partial charge in [0, 0.05) is 0 Å². The monoisotopic (exact) mass is 631 g/mol. The van der Waals surface area contributed by atoms with Crippen LogP contribution in [-0.2, 0) is 0 Å². The second-order valence-corrected chi connectivity index (χ2v) is 23.0. The van der Waals surface area contributed by atoms with Crippen molar-refractivity contribution < 1.29 is 0 Å². The maximum atomic E-state index is 2.37. The highest BCUT2D eigenvalue weighted by Gasteiger charge is 2.38. The molecule has 0 aromatic heterocycles. The van der Waals surface area contributed by atoms with Gasteiger partial charge < -0.3 is 0 Å². The van der Waals surface area contributed by atoms with E-state index in [0.29, 0.717) is 27.1 Å². The Morgan fingerprint density at radius 3 is 0.511 bits per heavy atom. The molecule has 0 aliphatic heterocycles.